The molecular weight excluding hydrogens is 368 g/mol. The lowest BCUT2D eigenvalue weighted by molar-refractivity contribution is 0.108. The van der Waals surface area contributed by atoms with Crippen LogP contribution in [-0.4, -0.2) is 48.2 Å². The van der Waals surface area contributed by atoms with Crippen LogP contribution >= 0.6 is 11.3 Å². The van der Waals surface area contributed by atoms with Crippen LogP contribution < -0.4 is 10.6 Å². The number of aliphatic imine (C=N–C) groups is 1. The van der Waals surface area contributed by atoms with Gasteiger partial charge < -0.3 is 15.7 Å². The molecule has 1 atom stereocenters. The third-order valence-electron chi connectivity index (χ3n) is 4.99. The Bertz CT molecular complexity index is 773. The van der Waals surface area contributed by atoms with Crippen LogP contribution in [0.4, 0.5) is 0 Å². The summed E-state index contributed by atoms with van der Waals surface area (Å²) in [5.74, 6) is 0.761. The summed E-state index contributed by atoms with van der Waals surface area (Å²) in [4.78, 5) is 9.65. The van der Waals surface area contributed by atoms with Gasteiger partial charge in [0.05, 0.1) is 12.6 Å². The zero-order valence-corrected chi connectivity index (χ0v) is 17.8. The van der Waals surface area contributed by atoms with Crippen molar-refractivity contribution in [3.05, 3.63) is 57.3 Å². The lowest BCUT2D eigenvalue weighted by Gasteiger charge is -2.30. The van der Waals surface area contributed by atoms with Crippen molar-refractivity contribution < 1.29 is 5.11 Å². The number of hydrogen-bond acceptors (Lipinski definition) is 4. The number of aryl methyl sites for hydroxylation is 1. The first kappa shape index (κ1) is 20.8. The Morgan fingerprint density at radius 2 is 1.93 bits per heavy atom. The summed E-state index contributed by atoms with van der Waals surface area (Å²) in [5, 5.41) is 17.1. The molecule has 2 aromatic rings. The Hall–Kier alpha value is -1.89. The second-order valence-corrected chi connectivity index (χ2v) is 8.46. The van der Waals surface area contributed by atoms with Crippen LogP contribution in [0.5, 0.6) is 0 Å². The molecule has 0 saturated heterocycles. The predicted molar refractivity (Wildman–Crippen MR) is 118 cm³/mol. The molecule has 152 valence electrons. The molecule has 0 aliphatic carbocycles. The molecule has 28 heavy (non-hydrogen) atoms. The monoisotopic (exact) mass is 400 g/mol. The van der Waals surface area contributed by atoms with Gasteiger partial charge in [-0.15, -0.1) is 11.3 Å². The molecular formula is C22H32N4OS. The molecule has 0 spiro atoms. The summed E-state index contributed by atoms with van der Waals surface area (Å²) in [7, 11) is 0. The highest BCUT2D eigenvalue weighted by Gasteiger charge is 2.18. The highest BCUT2D eigenvalue weighted by molar-refractivity contribution is 7.11. The first-order chi connectivity index (χ1) is 13.7. The Morgan fingerprint density at radius 1 is 1.14 bits per heavy atom. The van der Waals surface area contributed by atoms with Crippen molar-refractivity contribution in [3.8, 4) is 0 Å². The molecule has 1 aliphatic heterocycles. The third-order valence-corrected chi connectivity index (χ3v) is 6.20. The van der Waals surface area contributed by atoms with Crippen molar-refractivity contribution in [2.24, 2.45) is 4.99 Å². The fourth-order valence-electron chi connectivity index (χ4n) is 3.48. The topological polar surface area (TPSA) is 59.9 Å². The Balaban J connectivity index is 1.47. The number of nitrogens with one attached hydrogen (secondary N) is 2. The number of benzene rings is 1. The minimum Gasteiger partial charge on any atom is -0.390 e. The second-order valence-electron chi connectivity index (χ2n) is 7.21. The summed E-state index contributed by atoms with van der Waals surface area (Å²) in [6.07, 6.45) is 1.70. The lowest BCUT2D eigenvalue weighted by Crippen LogP contribution is -2.45. The first-order valence-corrected chi connectivity index (χ1v) is 11.1. The average molecular weight is 401 g/mol. The number of guanidine groups is 1. The molecule has 1 aromatic carbocycles. The molecule has 3 N–H and O–H groups in total. The zero-order chi connectivity index (χ0) is 19.8. The summed E-state index contributed by atoms with van der Waals surface area (Å²) >= 11 is 1.82. The molecule has 1 unspecified atom stereocenters. The van der Waals surface area contributed by atoms with Crippen molar-refractivity contribution in [1.82, 2.24) is 15.5 Å². The fraction of sp³-hybridized carbons (Fsp3) is 0.500. The molecule has 5 nitrogen and oxygen atoms in total. The average Bonchev–Trinajstić information content (AvgIpc) is 3.18. The standard InChI is InChI=1S/C22H32N4OS/c1-3-20-9-10-21(28-20)14-25-22(23-4-2)24-13-19(27)16-26-12-11-17-7-5-6-8-18(17)15-26/h5-10,19,27H,3-4,11-16H2,1-2H3,(H2,23,24,25). The van der Waals surface area contributed by atoms with Gasteiger partial charge in [-0.3, -0.25) is 4.90 Å². The minimum absolute atomic E-state index is 0.428. The van der Waals surface area contributed by atoms with Crippen LogP contribution in [-0.2, 0) is 25.9 Å². The van der Waals surface area contributed by atoms with Crippen molar-refractivity contribution in [2.45, 2.75) is 45.9 Å². The number of nitrogens with zero attached hydrogens (tertiary/aromatic N) is 2. The number of hydrogen-bond donors (Lipinski definition) is 3. The van der Waals surface area contributed by atoms with E-state index in [0.717, 1.165) is 38.4 Å². The van der Waals surface area contributed by atoms with E-state index in [1.54, 1.807) is 0 Å². The molecule has 1 aliphatic rings. The normalized spacial score (nSPS) is 15.9. The molecule has 0 saturated carbocycles. The number of β-amino-alcohol motifs (C(OH)–C–C–N with tert-alkyl or cyclic N) is 1. The zero-order valence-electron chi connectivity index (χ0n) is 16.9. The van der Waals surface area contributed by atoms with Crippen LogP contribution in [0.3, 0.4) is 0 Å². The van der Waals surface area contributed by atoms with Crippen molar-refractivity contribution >= 4 is 17.3 Å². The summed E-state index contributed by atoms with van der Waals surface area (Å²) < 4.78 is 0. The van der Waals surface area contributed by atoms with Gasteiger partial charge in [0, 0.05) is 42.5 Å². The van der Waals surface area contributed by atoms with Gasteiger partial charge in [0.25, 0.3) is 0 Å². The van der Waals surface area contributed by atoms with E-state index in [1.165, 1.54) is 20.9 Å². The molecule has 0 fully saturated rings. The van der Waals surface area contributed by atoms with E-state index in [0.29, 0.717) is 19.6 Å². The molecule has 1 aromatic heterocycles. The van der Waals surface area contributed by atoms with E-state index in [9.17, 15) is 5.11 Å². The molecule has 0 bridgehead atoms. The maximum Gasteiger partial charge on any atom is 0.191 e. The SMILES string of the molecule is CCNC(=NCc1ccc(CC)s1)NCC(O)CN1CCc2ccccc2C1. The third kappa shape index (κ3) is 6.06. The first-order valence-electron chi connectivity index (χ1n) is 10.2. The van der Waals surface area contributed by atoms with E-state index in [1.807, 2.05) is 11.3 Å². The molecule has 2 heterocycles. The van der Waals surface area contributed by atoms with E-state index >= 15 is 0 Å². The van der Waals surface area contributed by atoms with Crippen molar-refractivity contribution in [2.75, 3.05) is 26.2 Å². The van der Waals surface area contributed by atoms with E-state index in [4.69, 9.17) is 0 Å². The second kappa shape index (κ2) is 10.6. The number of aliphatic hydroxyl groups excluding tert-OH is 1. The number of fused-ring (bicyclic) bond motifs is 1. The molecule has 6 heteroatoms. The van der Waals surface area contributed by atoms with Gasteiger partial charge in [-0.2, -0.15) is 0 Å². The maximum absolute atomic E-state index is 10.5. The van der Waals surface area contributed by atoms with Gasteiger partial charge in [0.15, 0.2) is 5.96 Å². The van der Waals surface area contributed by atoms with Crippen molar-refractivity contribution in [1.29, 1.82) is 0 Å². The Morgan fingerprint density at radius 3 is 2.68 bits per heavy atom. The Labute approximate surface area is 172 Å². The van der Waals surface area contributed by atoms with Gasteiger partial charge in [-0.1, -0.05) is 31.2 Å². The number of thiophene rings is 1. The van der Waals surface area contributed by atoms with Crippen LogP contribution in [0.1, 0.15) is 34.7 Å². The van der Waals surface area contributed by atoms with Gasteiger partial charge in [0.1, 0.15) is 0 Å². The summed E-state index contributed by atoms with van der Waals surface area (Å²) in [5.41, 5.74) is 2.82. The number of aliphatic hydroxyl groups is 1. The van der Waals surface area contributed by atoms with Gasteiger partial charge in [-0.25, -0.2) is 4.99 Å². The highest BCUT2D eigenvalue weighted by atomic mass is 32.1. The van der Waals surface area contributed by atoms with E-state index in [2.05, 4.69) is 70.8 Å². The van der Waals surface area contributed by atoms with Crippen LogP contribution in [0.15, 0.2) is 41.4 Å². The smallest absolute Gasteiger partial charge is 0.191 e. The summed E-state index contributed by atoms with van der Waals surface area (Å²) in [6, 6.07) is 12.9. The highest BCUT2D eigenvalue weighted by Crippen LogP contribution is 2.19. The quantitative estimate of drug-likeness (QED) is 0.471. The van der Waals surface area contributed by atoms with Gasteiger partial charge in [-0.05, 0) is 43.0 Å². The van der Waals surface area contributed by atoms with Crippen LogP contribution in [0.2, 0.25) is 0 Å². The summed E-state index contributed by atoms with van der Waals surface area (Å²) in [6.45, 7) is 8.78. The Kier molecular flexibility index (Phi) is 7.89. The largest absolute Gasteiger partial charge is 0.390 e. The minimum atomic E-state index is -0.428. The van der Waals surface area contributed by atoms with E-state index < -0.39 is 6.10 Å². The number of rotatable bonds is 8. The van der Waals surface area contributed by atoms with Crippen molar-refractivity contribution in [3.63, 3.8) is 0 Å². The molecule has 0 radical (unpaired) electrons. The molecule has 3 rings (SSSR count). The maximum atomic E-state index is 10.5. The van der Waals surface area contributed by atoms with Gasteiger partial charge in [0.2, 0.25) is 0 Å². The molecule has 0 amide bonds. The van der Waals surface area contributed by atoms with Gasteiger partial charge >= 0.3 is 0 Å². The van der Waals surface area contributed by atoms with Crippen LogP contribution in [0, 0.1) is 0 Å². The van der Waals surface area contributed by atoms with Crippen LogP contribution in [0.25, 0.3) is 0 Å². The van der Waals surface area contributed by atoms with E-state index in [-0.39, 0.29) is 0 Å². The predicted octanol–water partition coefficient (Wildman–Crippen LogP) is 2.78. The fourth-order valence-corrected chi connectivity index (χ4v) is 4.37. The lowest BCUT2D eigenvalue weighted by atomic mass is 10.00.